The first-order valence-electron chi connectivity index (χ1n) is 12.8. The van der Waals surface area contributed by atoms with Crippen LogP contribution in [0, 0.1) is 0 Å². The molecule has 0 bridgehead atoms. The number of aromatic nitrogens is 4. The summed E-state index contributed by atoms with van der Waals surface area (Å²) >= 11 is 0. The van der Waals surface area contributed by atoms with Gasteiger partial charge >= 0.3 is 5.69 Å². The second kappa shape index (κ2) is 13.4. The van der Waals surface area contributed by atoms with E-state index in [9.17, 15) is 14.4 Å². The second-order valence-electron chi connectivity index (χ2n) is 8.98. The molecule has 0 radical (unpaired) electrons. The molecule has 3 rings (SSSR count). The average molecular weight is 477 g/mol. The Morgan fingerprint density at radius 3 is 2.47 bits per heavy atom. The number of ether oxygens (including phenoxy) is 1. The fraction of sp³-hybridized carbons (Fsp3) is 0.750. The molecule has 2 N–H and O–H groups in total. The molecule has 0 atom stereocenters. The summed E-state index contributed by atoms with van der Waals surface area (Å²) in [5.41, 5.74) is 0.0385. The van der Waals surface area contributed by atoms with Gasteiger partial charge in [-0.1, -0.05) is 33.1 Å². The van der Waals surface area contributed by atoms with Crippen LogP contribution in [-0.2, 0) is 29.0 Å². The van der Waals surface area contributed by atoms with Gasteiger partial charge in [0.05, 0.1) is 13.2 Å². The SMILES string of the molecule is CCCCCn1c(CCC(=O)NCCCN2CCOCC2)nc2c1c(=O)[nH]c(=O)n2CCCC. The summed E-state index contributed by atoms with van der Waals surface area (Å²) in [6, 6.07) is 0. The quantitative estimate of drug-likeness (QED) is 0.401. The van der Waals surface area contributed by atoms with Crippen LogP contribution in [0.1, 0.15) is 64.6 Å². The second-order valence-corrected chi connectivity index (χ2v) is 8.98. The van der Waals surface area contributed by atoms with Crippen molar-refractivity contribution in [2.45, 2.75) is 78.3 Å². The van der Waals surface area contributed by atoms with Gasteiger partial charge < -0.3 is 14.6 Å². The third-order valence-electron chi connectivity index (χ3n) is 6.34. The molecule has 1 aliphatic heterocycles. The van der Waals surface area contributed by atoms with Crippen LogP contribution < -0.4 is 16.6 Å². The number of fused-ring (bicyclic) bond motifs is 1. The van der Waals surface area contributed by atoms with E-state index in [1.165, 1.54) is 0 Å². The lowest BCUT2D eigenvalue weighted by Gasteiger charge is -2.26. The third-order valence-corrected chi connectivity index (χ3v) is 6.34. The van der Waals surface area contributed by atoms with Crippen LogP contribution in [0.3, 0.4) is 0 Å². The minimum atomic E-state index is -0.422. The van der Waals surface area contributed by atoms with Crippen molar-refractivity contribution in [3.8, 4) is 0 Å². The minimum Gasteiger partial charge on any atom is -0.379 e. The Labute approximate surface area is 200 Å². The van der Waals surface area contributed by atoms with Crippen LogP contribution in [0.5, 0.6) is 0 Å². The molecule has 1 fully saturated rings. The van der Waals surface area contributed by atoms with Gasteiger partial charge in [-0.3, -0.25) is 24.0 Å². The Kier molecular flexibility index (Phi) is 10.3. The fourth-order valence-corrected chi connectivity index (χ4v) is 4.36. The van der Waals surface area contributed by atoms with Gasteiger partial charge in [0.1, 0.15) is 5.82 Å². The number of nitrogens with zero attached hydrogens (tertiary/aromatic N) is 4. The van der Waals surface area contributed by atoms with E-state index in [0.717, 1.165) is 71.4 Å². The minimum absolute atomic E-state index is 0.0218. The number of aromatic amines is 1. The average Bonchev–Trinajstić information content (AvgIpc) is 3.20. The Bertz CT molecular complexity index is 1030. The molecule has 2 aromatic rings. The zero-order chi connectivity index (χ0) is 24.3. The van der Waals surface area contributed by atoms with Gasteiger partial charge in [-0.05, 0) is 25.8 Å². The van der Waals surface area contributed by atoms with Crippen LogP contribution >= 0.6 is 0 Å². The van der Waals surface area contributed by atoms with Crippen LogP contribution in [-0.4, -0.2) is 69.3 Å². The Morgan fingerprint density at radius 1 is 1.00 bits per heavy atom. The van der Waals surface area contributed by atoms with Crippen LogP contribution in [0.4, 0.5) is 0 Å². The van der Waals surface area contributed by atoms with Crippen molar-refractivity contribution >= 4 is 17.1 Å². The van der Waals surface area contributed by atoms with Crippen LogP contribution in [0.15, 0.2) is 9.59 Å². The molecule has 0 saturated carbocycles. The van der Waals surface area contributed by atoms with Gasteiger partial charge in [0.2, 0.25) is 5.91 Å². The summed E-state index contributed by atoms with van der Waals surface area (Å²) in [6.07, 6.45) is 6.40. The highest BCUT2D eigenvalue weighted by Gasteiger charge is 2.19. The van der Waals surface area contributed by atoms with Gasteiger partial charge in [-0.25, -0.2) is 9.78 Å². The smallest absolute Gasteiger partial charge is 0.330 e. The molecule has 1 aliphatic rings. The number of morpholine rings is 1. The van der Waals surface area contributed by atoms with Gasteiger partial charge in [-0.15, -0.1) is 0 Å². The lowest BCUT2D eigenvalue weighted by molar-refractivity contribution is -0.121. The van der Waals surface area contributed by atoms with Crippen molar-refractivity contribution in [1.82, 2.24) is 29.3 Å². The molecule has 0 unspecified atom stereocenters. The zero-order valence-corrected chi connectivity index (χ0v) is 20.7. The topological polar surface area (TPSA) is 114 Å². The Morgan fingerprint density at radius 2 is 1.74 bits per heavy atom. The highest BCUT2D eigenvalue weighted by Crippen LogP contribution is 2.15. The van der Waals surface area contributed by atoms with E-state index in [-0.39, 0.29) is 5.91 Å². The van der Waals surface area contributed by atoms with E-state index in [1.807, 2.05) is 4.57 Å². The summed E-state index contributed by atoms with van der Waals surface area (Å²) in [4.78, 5) is 47.2. The van der Waals surface area contributed by atoms with Gasteiger partial charge in [0.15, 0.2) is 11.2 Å². The van der Waals surface area contributed by atoms with E-state index in [4.69, 9.17) is 9.72 Å². The molecule has 10 heteroatoms. The molecular weight excluding hydrogens is 436 g/mol. The number of hydrogen-bond acceptors (Lipinski definition) is 6. The molecular formula is C24H40N6O4. The van der Waals surface area contributed by atoms with Gasteiger partial charge in [0.25, 0.3) is 5.56 Å². The maximum atomic E-state index is 12.7. The van der Waals surface area contributed by atoms with Gasteiger partial charge in [0, 0.05) is 45.6 Å². The van der Waals surface area contributed by atoms with Crippen LogP contribution in [0.2, 0.25) is 0 Å². The van der Waals surface area contributed by atoms with E-state index in [0.29, 0.717) is 49.5 Å². The molecule has 10 nitrogen and oxygen atoms in total. The monoisotopic (exact) mass is 476 g/mol. The first-order chi connectivity index (χ1) is 16.5. The largest absolute Gasteiger partial charge is 0.379 e. The van der Waals surface area contributed by atoms with Crippen molar-refractivity contribution in [2.75, 3.05) is 39.4 Å². The van der Waals surface area contributed by atoms with Crippen LogP contribution in [0.25, 0.3) is 11.2 Å². The Balaban J connectivity index is 1.67. The lowest BCUT2D eigenvalue weighted by Crippen LogP contribution is -2.38. The summed E-state index contributed by atoms with van der Waals surface area (Å²) in [6.45, 7) is 10.4. The maximum Gasteiger partial charge on any atom is 0.330 e. The molecule has 2 aromatic heterocycles. The predicted molar refractivity (Wildman–Crippen MR) is 132 cm³/mol. The zero-order valence-electron chi connectivity index (χ0n) is 20.7. The number of rotatable bonds is 14. The summed E-state index contributed by atoms with van der Waals surface area (Å²) in [7, 11) is 0. The number of carbonyl (C=O) groups is 1. The lowest BCUT2D eigenvalue weighted by atomic mass is 10.2. The standard InChI is InChI=1S/C24H40N6O4/c1-3-5-7-14-29-19(9-10-20(31)25-11-8-12-28-15-17-34-18-16-28)26-22-21(29)23(32)27-24(33)30(22)13-6-4-2/h3-18H2,1-2H3,(H,25,31)(H,27,32,33). The number of aryl methyl sites for hydroxylation is 3. The van der Waals surface area contributed by atoms with E-state index in [2.05, 4.69) is 29.0 Å². The summed E-state index contributed by atoms with van der Waals surface area (Å²) in [5, 5.41) is 3.00. The molecule has 0 aliphatic carbocycles. The van der Waals surface area contributed by atoms with Crippen molar-refractivity contribution in [2.24, 2.45) is 0 Å². The third kappa shape index (κ3) is 7.02. The molecule has 1 saturated heterocycles. The van der Waals surface area contributed by atoms with Crippen molar-refractivity contribution in [3.63, 3.8) is 0 Å². The summed E-state index contributed by atoms with van der Waals surface area (Å²) < 4.78 is 8.84. The number of amides is 1. The number of unbranched alkanes of at least 4 members (excludes halogenated alkanes) is 3. The van der Waals surface area contributed by atoms with Gasteiger partial charge in [-0.2, -0.15) is 0 Å². The first kappa shape index (κ1) is 26.2. The highest BCUT2D eigenvalue weighted by molar-refractivity contribution is 5.76. The maximum absolute atomic E-state index is 12.7. The highest BCUT2D eigenvalue weighted by atomic mass is 16.5. The van der Waals surface area contributed by atoms with E-state index < -0.39 is 11.2 Å². The number of carbonyl (C=O) groups excluding carboxylic acids is 1. The molecule has 1 amide bonds. The molecule has 3 heterocycles. The molecule has 0 spiro atoms. The van der Waals surface area contributed by atoms with Crippen molar-refractivity contribution < 1.29 is 9.53 Å². The number of imidazole rings is 1. The first-order valence-corrected chi connectivity index (χ1v) is 12.8. The molecule has 190 valence electrons. The van der Waals surface area contributed by atoms with E-state index in [1.54, 1.807) is 4.57 Å². The number of hydrogen-bond donors (Lipinski definition) is 2. The van der Waals surface area contributed by atoms with E-state index >= 15 is 0 Å². The number of nitrogens with one attached hydrogen (secondary N) is 2. The van der Waals surface area contributed by atoms with Crippen molar-refractivity contribution in [3.05, 3.63) is 26.7 Å². The predicted octanol–water partition coefficient (Wildman–Crippen LogP) is 1.65. The summed E-state index contributed by atoms with van der Waals surface area (Å²) in [5.74, 6) is 0.669. The van der Waals surface area contributed by atoms with Crippen molar-refractivity contribution in [1.29, 1.82) is 0 Å². The normalized spacial score (nSPS) is 14.6. The molecule has 0 aromatic carbocycles. The fourth-order valence-electron chi connectivity index (χ4n) is 4.36. The number of H-pyrrole nitrogens is 1. The molecule has 34 heavy (non-hydrogen) atoms. The Hall–Kier alpha value is -2.46.